The lowest BCUT2D eigenvalue weighted by Gasteiger charge is -2.34. The van der Waals surface area contributed by atoms with E-state index in [-0.39, 0.29) is 0 Å². The molecule has 0 unspecified atom stereocenters. The topological polar surface area (TPSA) is 0 Å². The first-order chi connectivity index (χ1) is 19.7. The van der Waals surface area contributed by atoms with Crippen molar-refractivity contribution in [3.8, 4) is 0 Å². The average molecular weight is 581 g/mol. The van der Waals surface area contributed by atoms with Crippen LogP contribution < -0.4 is 0 Å². The van der Waals surface area contributed by atoms with E-state index in [0.717, 1.165) is 0 Å². The van der Waals surface area contributed by atoms with Crippen LogP contribution in [0.15, 0.2) is 0 Å². The molecule has 0 amide bonds. The predicted octanol–water partition coefficient (Wildman–Crippen LogP) is 12.3. The Morgan fingerprint density at radius 1 is 0.300 bits per heavy atom. The van der Waals surface area contributed by atoms with Crippen LogP contribution in [0.1, 0.15) is 219 Å². The maximum Gasteiger partial charge on any atom is 0.0781 e. The zero-order chi connectivity index (χ0) is 29.2. The molecule has 0 aromatic carbocycles. The van der Waals surface area contributed by atoms with Gasteiger partial charge in [0.2, 0.25) is 0 Å². The molecule has 0 aliphatic rings. The number of unbranched alkanes of at least 4 members (excludes halogenated alkanes) is 30. The molecule has 0 heterocycles. The SMILES string of the molecule is CCCCCCCCCCCCCCCCCC[N+](C)(C[SiH3])CCCCCCCCCCCCCCCCCC. The molecule has 0 N–H and O–H groups in total. The van der Waals surface area contributed by atoms with Crippen molar-refractivity contribution >= 4 is 10.2 Å². The molecule has 0 atom stereocenters. The van der Waals surface area contributed by atoms with Gasteiger partial charge in [-0.15, -0.1) is 0 Å². The maximum atomic E-state index is 2.56. The van der Waals surface area contributed by atoms with Crippen molar-refractivity contribution in [3.63, 3.8) is 0 Å². The van der Waals surface area contributed by atoms with Crippen LogP contribution in [0.5, 0.6) is 0 Å². The van der Waals surface area contributed by atoms with Gasteiger partial charge in [0.25, 0.3) is 0 Å². The third-order valence-corrected chi connectivity index (χ3v) is 11.4. The van der Waals surface area contributed by atoms with Gasteiger partial charge in [0.15, 0.2) is 0 Å². The number of rotatable bonds is 35. The third-order valence-electron chi connectivity index (χ3n) is 9.87. The summed E-state index contributed by atoms with van der Waals surface area (Å²) in [5.74, 6) is 0. The molecular weight excluding hydrogens is 499 g/mol. The Morgan fingerprint density at radius 2 is 0.475 bits per heavy atom. The van der Waals surface area contributed by atoms with E-state index in [1.807, 2.05) is 0 Å². The molecule has 0 spiro atoms. The molecule has 2 heteroatoms. The minimum atomic E-state index is 1.36. The maximum absolute atomic E-state index is 2.56. The molecule has 0 aliphatic heterocycles. The summed E-state index contributed by atoms with van der Waals surface area (Å²) in [6.07, 6.45) is 48.6. The van der Waals surface area contributed by atoms with Gasteiger partial charge in [0.1, 0.15) is 0 Å². The summed E-state index contributed by atoms with van der Waals surface area (Å²) in [5, 5.41) is 0. The molecule has 0 saturated carbocycles. The first-order valence-electron chi connectivity index (χ1n) is 19.5. The third kappa shape index (κ3) is 31.1. The van der Waals surface area contributed by atoms with Gasteiger partial charge in [-0.1, -0.05) is 194 Å². The van der Waals surface area contributed by atoms with Crippen LogP contribution in [0.4, 0.5) is 0 Å². The highest BCUT2D eigenvalue weighted by molar-refractivity contribution is 6.08. The standard InChI is InChI=1S/C38H82NSi/c1-4-6-8-10-12-14-16-18-20-22-24-26-28-30-32-34-36-39(3,38-40)37-35-33-31-29-27-25-23-21-19-17-15-13-11-9-7-5-2/h4-38H2,1-3,40H3/q+1. The highest BCUT2D eigenvalue weighted by atomic mass is 28.1. The van der Waals surface area contributed by atoms with Crippen molar-refractivity contribution in [2.45, 2.75) is 219 Å². The summed E-state index contributed by atoms with van der Waals surface area (Å²) in [4.78, 5) is 0. The largest absolute Gasteiger partial charge is 0.330 e. The van der Waals surface area contributed by atoms with Crippen molar-refractivity contribution in [1.29, 1.82) is 0 Å². The second-order valence-electron chi connectivity index (χ2n) is 14.0. The van der Waals surface area contributed by atoms with E-state index in [9.17, 15) is 0 Å². The number of hydrogen-bond acceptors (Lipinski definition) is 0. The second-order valence-corrected chi connectivity index (χ2v) is 14.6. The number of quaternary nitrogens is 1. The summed E-state index contributed by atoms with van der Waals surface area (Å²) in [5.41, 5.74) is 0. The molecule has 0 saturated heterocycles. The van der Waals surface area contributed by atoms with Crippen LogP contribution in [0.3, 0.4) is 0 Å². The predicted molar refractivity (Wildman–Crippen MR) is 190 cm³/mol. The summed E-state index contributed by atoms with van der Waals surface area (Å²) >= 11 is 0. The van der Waals surface area contributed by atoms with Gasteiger partial charge in [0, 0.05) is 0 Å². The van der Waals surface area contributed by atoms with Crippen LogP contribution in [0.25, 0.3) is 0 Å². The van der Waals surface area contributed by atoms with Crippen molar-refractivity contribution in [2.24, 2.45) is 0 Å². The van der Waals surface area contributed by atoms with Gasteiger partial charge in [-0.2, -0.15) is 0 Å². The zero-order valence-corrected chi connectivity index (χ0v) is 31.2. The zero-order valence-electron chi connectivity index (χ0n) is 29.2. The van der Waals surface area contributed by atoms with Gasteiger partial charge in [0.05, 0.1) is 36.5 Å². The van der Waals surface area contributed by atoms with E-state index in [0.29, 0.717) is 0 Å². The van der Waals surface area contributed by atoms with Crippen molar-refractivity contribution < 1.29 is 4.48 Å². The fourth-order valence-electron chi connectivity index (χ4n) is 6.51. The van der Waals surface area contributed by atoms with E-state index >= 15 is 0 Å². The Kier molecular flexibility index (Phi) is 33.8. The molecule has 1 nitrogen and oxygen atoms in total. The molecule has 0 radical (unpaired) electrons. The number of hydrogen-bond donors (Lipinski definition) is 0. The van der Waals surface area contributed by atoms with Crippen LogP contribution in [0.2, 0.25) is 0 Å². The molecule has 242 valence electrons. The van der Waals surface area contributed by atoms with E-state index in [1.165, 1.54) is 239 Å². The lowest BCUT2D eigenvalue weighted by molar-refractivity contribution is -0.899. The Morgan fingerprint density at radius 3 is 0.650 bits per heavy atom. The normalized spacial score (nSPS) is 12.1. The van der Waals surface area contributed by atoms with Crippen LogP contribution in [-0.2, 0) is 0 Å². The number of nitrogens with zero attached hydrogens (tertiary/aromatic N) is 1. The Bertz CT molecular complexity index is 415. The van der Waals surface area contributed by atoms with Gasteiger partial charge in [-0.05, 0) is 25.7 Å². The van der Waals surface area contributed by atoms with Crippen molar-refractivity contribution in [3.05, 3.63) is 0 Å². The van der Waals surface area contributed by atoms with Crippen LogP contribution in [0, 0.1) is 0 Å². The minimum absolute atomic E-state index is 1.36. The van der Waals surface area contributed by atoms with E-state index in [1.54, 1.807) is 0 Å². The summed E-state index contributed by atoms with van der Waals surface area (Å²) in [6, 6.07) is 0. The fraction of sp³-hybridized carbons (Fsp3) is 1.00. The van der Waals surface area contributed by atoms with E-state index in [2.05, 4.69) is 20.9 Å². The van der Waals surface area contributed by atoms with Crippen LogP contribution in [-0.4, -0.2) is 41.0 Å². The fourth-order valence-corrected chi connectivity index (χ4v) is 7.14. The average Bonchev–Trinajstić information content (AvgIpc) is 2.96. The van der Waals surface area contributed by atoms with E-state index < -0.39 is 0 Å². The highest BCUT2D eigenvalue weighted by Gasteiger charge is 2.17. The van der Waals surface area contributed by atoms with Crippen molar-refractivity contribution in [1.82, 2.24) is 0 Å². The smallest absolute Gasteiger partial charge is 0.0781 e. The van der Waals surface area contributed by atoms with Gasteiger partial charge < -0.3 is 4.48 Å². The van der Waals surface area contributed by atoms with Gasteiger partial charge >= 0.3 is 0 Å². The highest BCUT2D eigenvalue weighted by Crippen LogP contribution is 2.17. The molecular formula is C38H82NSi+. The van der Waals surface area contributed by atoms with E-state index in [4.69, 9.17) is 0 Å². The Hall–Kier alpha value is 0.177. The Labute approximate surface area is 259 Å². The second kappa shape index (κ2) is 33.7. The monoisotopic (exact) mass is 581 g/mol. The molecule has 0 rings (SSSR count). The quantitative estimate of drug-likeness (QED) is 0.0397. The molecule has 0 bridgehead atoms. The lowest BCUT2D eigenvalue weighted by atomic mass is 10.0. The summed E-state index contributed by atoms with van der Waals surface area (Å²) in [6.45, 7) is 7.51. The lowest BCUT2D eigenvalue weighted by Crippen LogP contribution is -2.46. The Balaban J connectivity index is 3.38. The minimum Gasteiger partial charge on any atom is -0.330 e. The van der Waals surface area contributed by atoms with Gasteiger partial charge in [-0.3, -0.25) is 0 Å². The molecule has 0 fully saturated rings. The first-order valence-corrected chi connectivity index (χ1v) is 20.9. The first kappa shape index (κ1) is 40.2. The van der Waals surface area contributed by atoms with Crippen LogP contribution >= 0.6 is 0 Å². The molecule has 0 aliphatic carbocycles. The molecule has 0 aromatic rings. The summed E-state index contributed by atoms with van der Waals surface area (Å²) < 4.78 is 1.38. The molecule has 0 aromatic heterocycles. The van der Waals surface area contributed by atoms with Gasteiger partial charge in [-0.25, -0.2) is 0 Å². The van der Waals surface area contributed by atoms with Crippen molar-refractivity contribution in [2.75, 3.05) is 26.3 Å². The molecule has 40 heavy (non-hydrogen) atoms. The summed E-state index contributed by atoms with van der Waals surface area (Å²) in [7, 11) is 3.92.